The first-order valence-electron chi connectivity index (χ1n) is 6.14. The first kappa shape index (κ1) is 16.4. The maximum Gasteiger partial charge on any atom is 0.303 e. The lowest BCUT2D eigenvalue weighted by Crippen LogP contribution is -2.45. The van der Waals surface area contributed by atoms with E-state index in [1.165, 1.54) is 4.90 Å². The van der Waals surface area contributed by atoms with Crippen LogP contribution in [0.25, 0.3) is 0 Å². The van der Waals surface area contributed by atoms with E-state index in [9.17, 15) is 14.4 Å². The van der Waals surface area contributed by atoms with Gasteiger partial charge in [0.25, 0.3) is 0 Å². The highest BCUT2D eigenvalue weighted by Gasteiger charge is 2.17. The Bertz CT molecular complexity index is 304. The number of aliphatic carboxylic acids is 1. The summed E-state index contributed by atoms with van der Waals surface area (Å²) in [7, 11) is 1.68. The van der Waals surface area contributed by atoms with Crippen LogP contribution in [0.3, 0.4) is 0 Å². The average Bonchev–Trinajstić information content (AvgIpc) is 2.32. The highest BCUT2D eigenvalue weighted by atomic mass is 16.4. The van der Waals surface area contributed by atoms with Crippen molar-refractivity contribution < 1.29 is 19.5 Å². The van der Waals surface area contributed by atoms with Gasteiger partial charge in [-0.3, -0.25) is 14.4 Å². The van der Waals surface area contributed by atoms with Gasteiger partial charge >= 0.3 is 5.97 Å². The van der Waals surface area contributed by atoms with E-state index in [2.05, 4.69) is 5.32 Å². The SMILES string of the molecule is CCN(C)C(=O)C(C)NC(=O)CCCCC(=O)O. The number of likely N-dealkylation sites (N-methyl/N-ethyl adjacent to an activating group) is 1. The fourth-order valence-electron chi connectivity index (χ4n) is 1.42. The third kappa shape index (κ3) is 6.88. The zero-order valence-corrected chi connectivity index (χ0v) is 11.2. The first-order valence-corrected chi connectivity index (χ1v) is 6.14. The van der Waals surface area contributed by atoms with Crippen LogP contribution in [0.5, 0.6) is 0 Å². The second-order valence-corrected chi connectivity index (χ2v) is 4.24. The molecule has 0 radical (unpaired) electrons. The van der Waals surface area contributed by atoms with Gasteiger partial charge in [0.2, 0.25) is 11.8 Å². The minimum absolute atomic E-state index is 0.0698. The molecule has 0 aromatic heterocycles. The molecule has 2 amide bonds. The second kappa shape index (κ2) is 8.49. The maximum absolute atomic E-state index is 11.7. The molecule has 0 aromatic carbocycles. The highest BCUT2D eigenvalue weighted by Crippen LogP contribution is 2.00. The molecule has 0 rings (SSSR count). The van der Waals surface area contributed by atoms with Crippen LogP contribution in [0.1, 0.15) is 39.5 Å². The molecule has 0 heterocycles. The van der Waals surface area contributed by atoms with Gasteiger partial charge in [-0.25, -0.2) is 0 Å². The molecule has 0 fully saturated rings. The molecule has 1 unspecified atom stereocenters. The standard InChI is InChI=1S/C12H22N2O4/c1-4-14(3)12(18)9(2)13-10(15)7-5-6-8-11(16)17/h9H,4-8H2,1-3H3,(H,13,15)(H,16,17). The van der Waals surface area contributed by atoms with E-state index < -0.39 is 12.0 Å². The quantitative estimate of drug-likeness (QED) is 0.625. The van der Waals surface area contributed by atoms with Crippen molar-refractivity contribution in [3.05, 3.63) is 0 Å². The van der Waals surface area contributed by atoms with Crippen molar-refractivity contribution in [1.82, 2.24) is 10.2 Å². The minimum Gasteiger partial charge on any atom is -0.481 e. The average molecular weight is 258 g/mol. The number of carboxylic acids is 1. The van der Waals surface area contributed by atoms with E-state index >= 15 is 0 Å². The number of carboxylic acid groups (broad SMARTS) is 1. The molecule has 0 saturated carbocycles. The zero-order valence-electron chi connectivity index (χ0n) is 11.2. The molecule has 18 heavy (non-hydrogen) atoms. The third-order valence-corrected chi connectivity index (χ3v) is 2.64. The van der Waals surface area contributed by atoms with E-state index in [4.69, 9.17) is 5.11 Å². The normalized spacial score (nSPS) is 11.7. The number of carbonyl (C=O) groups is 3. The Morgan fingerprint density at radius 3 is 2.28 bits per heavy atom. The summed E-state index contributed by atoms with van der Waals surface area (Å²) in [5, 5.41) is 11.0. The lowest BCUT2D eigenvalue weighted by Gasteiger charge is -2.20. The van der Waals surface area contributed by atoms with E-state index in [1.807, 2.05) is 6.92 Å². The summed E-state index contributed by atoms with van der Waals surface area (Å²) in [6.07, 6.45) is 1.31. The van der Waals surface area contributed by atoms with Crippen LogP contribution in [0.2, 0.25) is 0 Å². The van der Waals surface area contributed by atoms with Crippen molar-refractivity contribution in [3.63, 3.8) is 0 Å². The second-order valence-electron chi connectivity index (χ2n) is 4.24. The van der Waals surface area contributed by atoms with Crippen LogP contribution in [0, 0.1) is 0 Å². The van der Waals surface area contributed by atoms with Gasteiger partial charge in [-0.05, 0) is 26.7 Å². The molecule has 0 aliphatic heterocycles. The molecule has 104 valence electrons. The predicted octanol–water partition coefficient (Wildman–Crippen LogP) is 0.614. The molecule has 1 atom stereocenters. The van der Waals surface area contributed by atoms with Crippen molar-refractivity contribution in [3.8, 4) is 0 Å². The topological polar surface area (TPSA) is 86.7 Å². The third-order valence-electron chi connectivity index (χ3n) is 2.64. The fourth-order valence-corrected chi connectivity index (χ4v) is 1.42. The molecule has 0 aromatic rings. The number of amides is 2. The van der Waals surface area contributed by atoms with E-state index in [1.54, 1.807) is 14.0 Å². The van der Waals surface area contributed by atoms with Crippen LogP contribution >= 0.6 is 0 Å². The summed E-state index contributed by atoms with van der Waals surface area (Å²) in [6, 6.07) is -0.540. The molecule has 0 bridgehead atoms. The first-order chi connectivity index (χ1) is 8.38. The van der Waals surface area contributed by atoms with Gasteiger partial charge in [0.05, 0.1) is 0 Å². The molecule has 0 saturated heterocycles. The Labute approximate surface area is 107 Å². The predicted molar refractivity (Wildman–Crippen MR) is 67.0 cm³/mol. The number of unbranched alkanes of at least 4 members (excludes halogenated alkanes) is 1. The zero-order chi connectivity index (χ0) is 14.1. The van der Waals surface area contributed by atoms with Gasteiger partial charge < -0.3 is 15.3 Å². The van der Waals surface area contributed by atoms with Gasteiger partial charge in [0.1, 0.15) is 6.04 Å². The number of rotatable bonds is 8. The Morgan fingerprint density at radius 2 is 1.78 bits per heavy atom. The minimum atomic E-state index is -0.858. The van der Waals surface area contributed by atoms with Gasteiger partial charge in [-0.1, -0.05) is 0 Å². The van der Waals surface area contributed by atoms with Crippen molar-refractivity contribution in [2.45, 2.75) is 45.6 Å². The van der Waals surface area contributed by atoms with Crippen LogP contribution in [-0.2, 0) is 14.4 Å². The van der Waals surface area contributed by atoms with Gasteiger partial charge in [0, 0.05) is 26.4 Å². The summed E-state index contributed by atoms with van der Waals surface area (Å²) >= 11 is 0. The van der Waals surface area contributed by atoms with Crippen LogP contribution < -0.4 is 5.32 Å². The fraction of sp³-hybridized carbons (Fsp3) is 0.750. The lowest BCUT2D eigenvalue weighted by atomic mass is 10.2. The summed E-state index contributed by atoms with van der Waals surface area (Å²) in [6.45, 7) is 4.10. The molecule has 0 aliphatic rings. The van der Waals surface area contributed by atoms with E-state index in [-0.39, 0.29) is 24.7 Å². The number of nitrogens with zero attached hydrogens (tertiary/aromatic N) is 1. The largest absolute Gasteiger partial charge is 0.481 e. The van der Waals surface area contributed by atoms with Crippen molar-refractivity contribution in [2.75, 3.05) is 13.6 Å². The van der Waals surface area contributed by atoms with E-state index in [0.717, 1.165) is 0 Å². The summed E-state index contributed by atoms with van der Waals surface area (Å²) < 4.78 is 0. The molecule has 6 heteroatoms. The monoisotopic (exact) mass is 258 g/mol. The van der Waals surface area contributed by atoms with Gasteiger partial charge in [-0.15, -0.1) is 0 Å². The van der Waals surface area contributed by atoms with Crippen LogP contribution in [0.4, 0.5) is 0 Å². The Hall–Kier alpha value is -1.59. The Balaban J connectivity index is 3.87. The Morgan fingerprint density at radius 1 is 1.22 bits per heavy atom. The van der Waals surface area contributed by atoms with Crippen molar-refractivity contribution in [1.29, 1.82) is 0 Å². The maximum atomic E-state index is 11.7. The Kier molecular flexibility index (Phi) is 7.74. The van der Waals surface area contributed by atoms with Crippen molar-refractivity contribution >= 4 is 17.8 Å². The number of hydrogen-bond donors (Lipinski definition) is 2. The smallest absolute Gasteiger partial charge is 0.303 e. The molecule has 6 nitrogen and oxygen atoms in total. The van der Waals surface area contributed by atoms with Gasteiger partial charge in [0.15, 0.2) is 0 Å². The molecule has 0 spiro atoms. The molecular formula is C12H22N2O4. The van der Waals surface area contributed by atoms with E-state index in [0.29, 0.717) is 19.4 Å². The van der Waals surface area contributed by atoms with Crippen molar-refractivity contribution in [2.24, 2.45) is 0 Å². The molecule has 0 aliphatic carbocycles. The number of nitrogens with one attached hydrogen (secondary N) is 1. The van der Waals surface area contributed by atoms with Crippen LogP contribution in [-0.4, -0.2) is 47.4 Å². The van der Waals surface area contributed by atoms with Gasteiger partial charge in [-0.2, -0.15) is 0 Å². The number of carbonyl (C=O) groups excluding carboxylic acids is 2. The van der Waals surface area contributed by atoms with Crippen LogP contribution in [0.15, 0.2) is 0 Å². The summed E-state index contributed by atoms with van der Waals surface area (Å²) in [4.78, 5) is 35.0. The lowest BCUT2D eigenvalue weighted by molar-refractivity contribution is -0.137. The highest BCUT2D eigenvalue weighted by molar-refractivity contribution is 5.87. The summed E-state index contributed by atoms with van der Waals surface area (Å²) in [5.41, 5.74) is 0. The number of hydrogen-bond acceptors (Lipinski definition) is 3. The molecule has 2 N–H and O–H groups in total. The summed E-state index contributed by atoms with van der Waals surface area (Å²) in [5.74, 6) is -1.20. The molecular weight excluding hydrogens is 236 g/mol.